The summed E-state index contributed by atoms with van der Waals surface area (Å²) in [5.74, 6) is 5.41. The first-order valence-corrected chi connectivity index (χ1v) is 9.80. The molecular weight excluding hydrogens is 398 g/mol. The Hall–Kier alpha value is -3.93. The van der Waals surface area contributed by atoms with E-state index in [1.54, 1.807) is 42.1 Å². The Bertz CT molecular complexity index is 1190. The second-order valence-corrected chi connectivity index (χ2v) is 7.25. The van der Waals surface area contributed by atoms with Crippen molar-refractivity contribution >= 4 is 17.2 Å². The normalized spacial score (nSPS) is 10.4. The number of aromatic nitrogens is 1. The van der Waals surface area contributed by atoms with Gasteiger partial charge in [-0.3, -0.25) is 0 Å². The molecule has 0 saturated heterocycles. The van der Waals surface area contributed by atoms with E-state index in [1.165, 1.54) is 0 Å². The zero-order chi connectivity index (χ0) is 20.9. The van der Waals surface area contributed by atoms with Crippen LogP contribution in [0.4, 0.5) is 0 Å². The second-order valence-electron chi connectivity index (χ2n) is 6.30. The summed E-state index contributed by atoms with van der Waals surface area (Å²) in [6.07, 6.45) is 3.16. The van der Waals surface area contributed by atoms with E-state index in [-0.39, 0.29) is 18.3 Å². The lowest BCUT2D eigenvalue weighted by Crippen LogP contribution is -2.04. The van der Waals surface area contributed by atoms with E-state index in [1.807, 2.05) is 35.7 Å². The smallest absolute Gasteiger partial charge is 0.233 e. The highest BCUT2D eigenvalue weighted by atomic mass is 32.1. The third-order valence-electron chi connectivity index (χ3n) is 4.44. The van der Waals surface area contributed by atoms with Gasteiger partial charge in [0, 0.05) is 11.1 Å². The Morgan fingerprint density at radius 2 is 2.10 bits per heavy atom. The van der Waals surface area contributed by atoms with Crippen molar-refractivity contribution in [2.24, 2.45) is 5.84 Å². The van der Waals surface area contributed by atoms with Gasteiger partial charge in [0.25, 0.3) is 0 Å². The third-order valence-corrected chi connectivity index (χ3v) is 5.33. The highest BCUT2D eigenvalue weighted by molar-refractivity contribution is 7.13. The molecular formula is C22H16N5O2S-. The molecule has 0 spiro atoms. The zero-order valence-electron chi connectivity index (χ0n) is 15.7. The van der Waals surface area contributed by atoms with E-state index in [9.17, 15) is 5.26 Å². The number of furan rings is 1. The van der Waals surface area contributed by atoms with Crippen LogP contribution >= 0.6 is 11.3 Å². The summed E-state index contributed by atoms with van der Waals surface area (Å²) in [5, 5.41) is 19.4. The quantitative estimate of drug-likeness (QED) is 0.197. The molecule has 4 rings (SSSR count). The zero-order valence-corrected chi connectivity index (χ0v) is 16.5. The fourth-order valence-corrected chi connectivity index (χ4v) is 3.60. The molecule has 3 aromatic heterocycles. The summed E-state index contributed by atoms with van der Waals surface area (Å²) in [6.45, 7) is 0.216. The Balaban J connectivity index is 1.68. The molecule has 0 bridgehead atoms. The number of nitriles is 1. The van der Waals surface area contributed by atoms with Crippen molar-refractivity contribution in [1.82, 2.24) is 4.98 Å². The van der Waals surface area contributed by atoms with Crippen molar-refractivity contribution < 1.29 is 9.15 Å². The monoisotopic (exact) mass is 414 g/mol. The summed E-state index contributed by atoms with van der Waals surface area (Å²) in [6, 6.07) is 16.9. The van der Waals surface area contributed by atoms with Crippen LogP contribution in [0.5, 0.6) is 5.88 Å². The van der Waals surface area contributed by atoms with Crippen LogP contribution in [-0.4, -0.2) is 10.8 Å². The van der Waals surface area contributed by atoms with E-state index in [0.717, 1.165) is 21.7 Å². The predicted octanol–water partition coefficient (Wildman–Crippen LogP) is 5.09. The van der Waals surface area contributed by atoms with Gasteiger partial charge in [0.15, 0.2) is 0 Å². The third kappa shape index (κ3) is 3.93. The van der Waals surface area contributed by atoms with Crippen LogP contribution in [0, 0.1) is 16.7 Å². The number of pyridine rings is 1. The lowest BCUT2D eigenvalue weighted by Gasteiger charge is -2.13. The molecule has 7 nitrogen and oxygen atoms in total. The van der Waals surface area contributed by atoms with Crippen LogP contribution in [0.15, 0.2) is 70.9 Å². The molecule has 3 heterocycles. The van der Waals surface area contributed by atoms with Crippen LogP contribution in [0.3, 0.4) is 0 Å². The van der Waals surface area contributed by atoms with Crippen LogP contribution in [0.2, 0.25) is 0 Å². The van der Waals surface area contributed by atoms with Crippen molar-refractivity contribution in [2.75, 3.05) is 0 Å². The summed E-state index contributed by atoms with van der Waals surface area (Å²) in [5.41, 5.74) is 7.40. The Kier molecular flexibility index (Phi) is 5.57. The van der Waals surface area contributed by atoms with Crippen molar-refractivity contribution in [3.63, 3.8) is 0 Å². The first kappa shape index (κ1) is 19.4. The van der Waals surface area contributed by atoms with Gasteiger partial charge in [0.05, 0.1) is 23.1 Å². The maximum Gasteiger partial charge on any atom is 0.233 e. The molecule has 148 valence electrons. The van der Waals surface area contributed by atoms with Crippen molar-refractivity contribution in [2.45, 2.75) is 6.61 Å². The fourth-order valence-electron chi connectivity index (χ4n) is 2.92. The molecule has 0 aliphatic heterocycles. The molecule has 0 saturated carbocycles. The van der Waals surface area contributed by atoms with Gasteiger partial charge in [0.2, 0.25) is 5.88 Å². The standard InChI is InChI=1S/C22H16N5O2S/c23-11-18-17(16-7-8-28-13-16)10-19(20-2-1-9-30-20)26-22(18)29-12-14-3-5-15(6-4-14)21(24)27-25/h1-10,13H,12,25H2,(H-,24,27)/q-1. The van der Waals surface area contributed by atoms with Crippen LogP contribution in [0.1, 0.15) is 16.7 Å². The van der Waals surface area contributed by atoms with Crippen LogP contribution in [-0.2, 0) is 6.61 Å². The molecule has 0 amide bonds. The van der Waals surface area contributed by atoms with Crippen molar-refractivity contribution in [1.29, 1.82) is 10.7 Å². The first-order valence-electron chi connectivity index (χ1n) is 8.92. The van der Waals surface area contributed by atoms with Gasteiger partial charge in [-0.1, -0.05) is 30.3 Å². The van der Waals surface area contributed by atoms with E-state index in [2.05, 4.69) is 16.5 Å². The predicted molar refractivity (Wildman–Crippen MR) is 115 cm³/mol. The number of amidine groups is 1. The number of nitrogens with zero attached hydrogens (tertiary/aromatic N) is 3. The minimum absolute atomic E-state index is 0.00399. The summed E-state index contributed by atoms with van der Waals surface area (Å²) in [7, 11) is 0. The van der Waals surface area contributed by atoms with E-state index >= 15 is 0 Å². The molecule has 4 aromatic rings. The molecule has 8 heteroatoms. The maximum absolute atomic E-state index is 9.80. The molecule has 0 aliphatic rings. The van der Waals surface area contributed by atoms with Crippen LogP contribution in [0.25, 0.3) is 27.1 Å². The minimum Gasteiger partial charge on any atom is -0.481 e. The van der Waals surface area contributed by atoms with Gasteiger partial charge in [0.1, 0.15) is 18.2 Å². The van der Waals surface area contributed by atoms with E-state index in [0.29, 0.717) is 16.7 Å². The molecule has 0 atom stereocenters. The summed E-state index contributed by atoms with van der Waals surface area (Å²) >= 11 is 1.56. The molecule has 0 fully saturated rings. The van der Waals surface area contributed by atoms with Gasteiger partial charge in [-0.05, 0) is 40.5 Å². The molecule has 0 unspecified atom stereocenters. The molecule has 1 aromatic carbocycles. The van der Waals surface area contributed by atoms with Crippen LogP contribution < -0.4 is 10.6 Å². The Morgan fingerprint density at radius 1 is 1.27 bits per heavy atom. The fraction of sp³-hybridized carbons (Fsp3) is 0.0455. The highest BCUT2D eigenvalue weighted by Crippen LogP contribution is 2.35. The second kappa shape index (κ2) is 8.61. The molecule has 30 heavy (non-hydrogen) atoms. The van der Waals surface area contributed by atoms with Gasteiger partial charge < -0.3 is 25.8 Å². The average Bonchev–Trinajstić information content (AvgIpc) is 3.51. The number of rotatable bonds is 6. The summed E-state index contributed by atoms with van der Waals surface area (Å²) < 4.78 is 11.2. The lowest BCUT2D eigenvalue weighted by molar-refractivity contribution is 0.293. The number of ether oxygens (including phenoxy) is 1. The molecule has 3 N–H and O–H groups in total. The van der Waals surface area contributed by atoms with Crippen molar-refractivity contribution in [3.05, 3.63) is 88.6 Å². The number of nitrogens with one attached hydrogen (secondary N) is 1. The van der Waals surface area contributed by atoms with E-state index in [4.69, 9.17) is 20.4 Å². The first-order chi connectivity index (χ1) is 14.7. The Morgan fingerprint density at radius 3 is 2.73 bits per heavy atom. The Labute approximate surface area is 176 Å². The number of thiophene rings is 1. The average molecular weight is 414 g/mol. The molecule has 0 aliphatic carbocycles. The largest absolute Gasteiger partial charge is 0.481 e. The molecule has 0 radical (unpaired) electrons. The van der Waals surface area contributed by atoms with Crippen molar-refractivity contribution in [3.8, 4) is 33.6 Å². The maximum atomic E-state index is 9.80. The summed E-state index contributed by atoms with van der Waals surface area (Å²) in [4.78, 5) is 5.57. The van der Waals surface area contributed by atoms with Gasteiger partial charge >= 0.3 is 0 Å². The van der Waals surface area contributed by atoms with Gasteiger partial charge in [-0.2, -0.15) is 5.26 Å². The SMILES string of the molecule is N#Cc1c(-c2ccoc2)cc(-c2cccs2)nc1OCc1ccc(C(=N)[N-]N)cc1. The van der Waals surface area contributed by atoms with Gasteiger partial charge in [-0.25, -0.2) is 4.98 Å². The number of hydrogen-bond donors (Lipinski definition) is 2. The number of hydrogen-bond acceptors (Lipinski definition) is 7. The topological polar surface area (TPSA) is 123 Å². The lowest BCUT2D eigenvalue weighted by atomic mass is 10.0. The van der Waals surface area contributed by atoms with Gasteiger partial charge in [-0.15, -0.1) is 11.3 Å². The number of benzene rings is 1. The van der Waals surface area contributed by atoms with E-state index < -0.39 is 0 Å². The minimum atomic E-state index is 0.00399. The highest BCUT2D eigenvalue weighted by Gasteiger charge is 2.18. The number of nitrogens with two attached hydrogens (primary N) is 1.